The maximum absolute atomic E-state index is 13.8. The van der Waals surface area contributed by atoms with Crippen LogP contribution in [0.5, 0.6) is 0 Å². The maximum Gasteiger partial charge on any atom is 0.475 e. The van der Waals surface area contributed by atoms with Gasteiger partial charge in [-0.15, -0.1) is 0 Å². The third-order valence-electron chi connectivity index (χ3n) is 9.42. The predicted molar refractivity (Wildman–Crippen MR) is 187 cm³/mol. The fraction of sp³-hybridized carbons (Fsp3) is 0.824. The zero-order valence-corrected chi connectivity index (χ0v) is 33.9. The Morgan fingerprint density at radius 3 is 1.68 bits per heavy atom. The van der Waals surface area contributed by atoms with E-state index in [0.29, 0.717) is 0 Å². The molecule has 1 aromatic carbocycles. The van der Waals surface area contributed by atoms with E-state index in [4.69, 9.17) is 60.3 Å². The van der Waals surface area contributed by atoms with Gasteiger partial charge in [0.1, 0.15) is 54.3 Å². The minimum absolute atomic E-state index is 0.135. The van der Waals surface area contributed by atoms with Crippen molar-refractivity contribution in [2.75, 3.05) is 39.6 Å². The Morgan fingerprint density at radius 2 is 1.15 bits per heavy atom. The first-order chi connectivity index (χ1) is 24.8. The second-order valence-corrected chi connectivity index (χ2v) is 21.0. The van der Waals surface area contributed by atoms with E-state index in [1.165, 1.54) is 11.8 Å². The topological polar surface area (TPSA) is 174 Å². The molecule has 6 fully saturated rings. The van der Waals surface area contributed by atoms with Crippen LogP contribution in [-0.4, -0.2) is 117 Å². The van der Waals surface area contributed by atoms with Crippen LogP contribution < -0.4 is 0 Å². The number of rotatable bonds is 10. The number of fused-ring (bicyclic) bond motifs is 2. The fourth-order valence-corrected chi connectivity index (χ4v) is 11.5. The van der Waals surface area contributed by atoms with Crippen LogP contribution in [0.15, 0.2) is 35.2 Å². The van der Waals surface area contributed by atoms with E-state index in [1.54, 1.807) is 27.7 Å². The zero-order valence-electron chi connectivity index (χ0n) is 31.3. The van der Waals surface area contributed by atoms with Gasteiger partial charge in [0.2, 0.25) is 0 Å². The van der Waals surface area contributed by atoms with Crippen LogP contribution in [0.4, 0.5) is 0 Å². The maximum atomic E-state index is 13.8. The first kappa shape index (κ1) is 40.7. The van der Waals surface area contributed by atoms with Gasteiger partial charge in [-0.25, -0.2) is 9.13 Å². The smallest absolute Gasteiger partial charge is 0.394 e. The van der Waals surface area contributed by atoms with E-state index in [9.17, 15) is 14.2 Å². The summed E-state index contributed by atoms with van der Waals surface area (Å²) >= 11 is 1.35. The normalized spacial score (nSPS) is 40.6. The summed E-state index contributed by atoms with van der Waals surface area (Å²) in [7, 11) is -8.12. The van der Waals surface area contributed by atoms with E-state index < -0.39 is 94.4 Å². The van der Waals surface area contributed by atoms with Crippen LogP contribution in [0.25, 0.3) is 0 Å². The van der Waals surface area contributed by atoms with Crippen molar-refractivity contribution in [2.45, 2.75) is 132 Å². The fourth-order valence-electron chi connectivity index (χ4n) is 6.83. The molecule has 16 nitrogen and oxygen atoms in total. The van der Waals surface area contributed by atoms with Crippen molar-refractivity contribution in [3.63, 3.8) is 0 Å². The van der Waals surface area contributed by atoms with Gasteiger partial charge >= 0.3 is 15.6 Å². The number of hydrogen-bond acceptors (Lipinski definition) is 17. The Balaban J connectivity index is 1.15. The average molecular weight is 811 g/mol. The summed E-state index contributed by atoms with van der Waals surface area (Å²) < 4.78 is 107. The van der Waals surface area contributed by atoms with Crippen LogP contribution >= 0.6 is 27.4 Å². The number of aliphatic hydroxyl groups excluding tert-OH is 1. The molecule has 1 aromatic rings. The monoisotopic (exact) mass is 810 g/mol. The lowest BCUT2D eigenvalue weighted by molar-refractivity contribution is -0.291. The van der Waals surface area contributed by atoms with E-state index in [1.807, 2.05) is 58.0 Å². The van der Waals surface area contributed by atoms with Crippen molar-refractivity contribution in [2.24, 2.45) is 10.8 Å². The van der Waals surface area contributed by atoms with Crippen molar-refractivity contribution >= 4 is 27.4 Å². The molecule has 6 saturated heterocycles. The van der Waals surface area contributed by atoms with Gasteiger partial charge < -0.3 is 38.3 Å². The van der Waals surface area contributed by atoms with E-state index >= 15 is 0 Å². The first-order valence-electron chi connectivity index (χ1n) is 17.9. The highest BCUT2D eigenvalue weighted by molar-refractivity contribution is 7.99. The number of aliphatic hydroxyl groups is 1. The molecule has 6 aliphatic heterocycles. The quantitative estimate of drug-likeness (QED) is 0.297. The zero-order chi connectivity index (χ0) is 38.0. The van der Waals surface area contributed by atoms with E-state index in [0.717, 1.165) is 4.90 Å². The Bertz CT molecular complexity index is 1520. The Kier molecular flexibility index (Phi) is 11.5. The molecule has 19 heteroatoms. The molecular formula is C34H52O16P2S. The molecule has 1 N–H and O–H groups in total. The van der Waals surface area contributed by atoms with Crippen molar-refractivity contribution in [1.29, 1.82) is 0 Å². The van der Waals surface area contributed by atoms with Gasteiger partial charge in [-0.3, -0.25) is 27.1 Å². The van der Waals surface area contributed by atoms with Gasteiger partial charge in [0.05, 0.1) is 39.6 Å². The third-order valence-corrected chi connectivity index (χ3v) is 13.4. The third kappa shape index (κ3) is 9.29. The average Bonchev–Trinajstić information content (AvgIpc) is 3.60. The molecule has 6 heterocycles. The number of thioether (sulfide) groups is 1. The van der Waals surface area contributed by atoms with Gasteiger partial charge in [-0.1, -0.05) is 57.7 Å². The van der Waals surface area contributed by atoms with Crippen LogP contribution in [0.1, 0.15) is 55.4 Å². The molecule has 0 amide bonds. The molecule has 10 unspecified atom stereocenters. The summed E-state index contributed by atoms with van der Waals surface area (Å²) in [5, 5.41) is 10.3. The summed E-state index contributed by atoms with van der Waals surface area (Å²) in [5.74, 6) is -2.16. The Morgan fingerprint density at radius 1 is 0.679 bits per heavy atom. The molecule has 53 heavy (non-hydrogen) atoms. The van der Waals surface area contributed by atoms with Crippen molar-refractivity contribution in [1.82, 2.24) is 0 Å². The number of hydrogen-bond donors (Lipinski definition) is 1. The molecule has 0 saturated carbocycles. The van der Waals surface area contributed by atoms with E-state index in [2.05, 4.69) is 0 Å². The van der Waals surface area contributed by atoms with Crippen LogP contribution in [0.2, 0.25) is 0 Å². The van der Waals surface area contributed by atoms with Gasteiger partial charge in [-0.2, -0.15) is 0 Å². The molecule has 300 valence electrons. The van der Waals surface area contributed by atoms with Crippen molar-refractivity contribution < 1.29 is 74.5 Å². The molecule has 6 aliphatic rings. The lowest BCUT2D eigenvalue weighted by Gasteiger charge is -2.45. The van der Waals surface area contributed by atoms with Gasteiger partial charge in [-0.05, 0) is 39.8 Å². The standard InChI is InChI=1S/C34H52O16P2S/c1-31(2)16-39-51(36,40-17-31)49-27-25-23(45-33(5,6)47-25)21(14-35)43-29(27)38-15-22-24-26(48-34(7,8)46-24)28(30(44-22)53-20-12-10-9-11-13-20)50-52(37)41-18-32(3,4)19-42-52/h9-13,21-30,35H,14-19H2,1-8H3. The predicted octanol–water partition coefficient (Wildman–Crippen LogP) is 5.41. The molecule has 0 bridgehead atoms. The Hall–Kier alpha value is -0.530. The van der Waals surface area contributed by atoms with Crippen molar-refractivity contribution in [3.05, 3.63) is 30.3 Å². The first-order valence-corrected chi connectivity index (χ1v) is 21.7. The van der Waals surface area contributed by atoms with E-state index in [-0.39, 0.29) is 43.9 Å². The van der Waals surface area contributed by atoms with Gasteiger partial charge in [0.25, 0.3) is 0 Å². The van der Waals surface area contributed by atoms with Gasteiger partial charge in [0, 0.05) is 15.7 Å². The molecule has 0 radical (unpaired) electrons. The summed E-state index contributed by atoms with van der Waals surface area (Å²) in [6.45, 7) is 14.8. The highest BCUT2D eigenvalue weighted by Crippen LogP contribution is 2.59. The van der Waals surface area contributed by atoms with Crippen LogP contribution in [-0.2, 0) is 69.4 Å². The lowest BCUT2D eigenvalue weighted by atomic mass is 9.97. The number of phosphoric ester groups is 2. The summed E-state index contributed by atoms with van der Waals surface area (Å²) in [5.41, 5.74) is -1.53. The molecule has 0 aliphatic carbocycles. The highest BCUT2D eigenvalue weighted by atomic mass is 32.2. The SMILES string of the molecule is CC1(C)COP(=O)(OC2C(OCC3OC(Sc4ccccc4)C(OP4(=O)OCC(C)(C)CO4)C4OC(C)(C)OC34)OC(CO)C3OC(C)(C)OC32)OC1. The summed E-state index contributed by atoms with van der Waals surface area (Å²) in [6, 6.07) is 9.54. The number of benzene rings is 1. The second-order valence-electron chi connectivity index (χ2n) is 16.6. The molecule has 10 atom stereocenters. The van der Waals surface area contributed by atoms with Crippen LogP contribution in [0.3, 0.4) is 0 Å². The highest BCUT2D eigenvalue weighted by Gasteiger charge is 2.61. The number of ether oxygens (including phenoxy) is 7. The summed E-state index contributed by atoms with van der Waals surface area (Å²) in [4.78, 5) is 0.856. The molecular weight excluding hydrogens is 758 g/mol. The molecule has 0 aromatic heterocycles. The lowest BCUT2D eigenvalue weighted by Crippen LogP contribution is -2.60. The summed E-state index contributed by atoms with van der Waals surface area (Å²) in [6.07, 6.45) is -8.31. The number of phosphoric acid groups is 2. The van der Waals surface area contributed by atoms with Crippen LogP contribution in [0, 0.1) is 10.8 Å². The minimum atomic E-state index is -4.10. The largest absolute Gasteiger partial charge is 0.475 e. The Labute approximate surface area is 314 Å². The van der Waals surface area contributed by atoms with Crippen molar-refractivity contribution in [3.8, 4) is 0 Å². The molecule has 0 spiro atoms. The molecule has 7 rings (SSSR count). The second kappa shape index (κ2) is 15.0. The van der Waals surface area contributed by atoms with Gasteiger partial charge in [0.15, 0.2) is 17.9 Å². The minimum Gasteiger partial charge on any atom is -0.394 e.